The predicted octanol–water partition coefficient (Wildman–Crippen LogP) is 2.24. The summed E-state index contributed by atoms with van der Waals surface area (Å²) in [6.45, 7) is 2.39. The van der Waals surface area contributed by atoms with E-state index < -0.39 is 0 Å². The average molecular weight is 284 g/mol. The zero-order valence-corrected chi connectivity index (χ0v) is 12.0. The highest BCUT2D eigenvalue weighted by Crippen LogP contribution is 2.27. The molecule has 0 atom stereocenters. The summed E-state index contributed by atoms with van der Waals surface area (Å²) in [6.07, 6.45) is 4.41. The van der Waals surface area contributed by atoms with Crippen LogP contribution < -0.4 is 11.1 Å². The van der Waals surface area contributed by atoms with Gasteiger partial charge in [-0.2, -0.15) is 0 Å². The lowest BCUT2D eigenvalue weighted by Crippen LogP contribution is -2.29. The van der Waals surface area contributed by atoms with Gasteiger partial charge in [0.05, 0.1) is 23.1 Å². The van der Waals surface area contributed by atoms with Crippen LogP contribution in [0.5, 0.6) is 0 Å². The van der Waals surface area contributed by atoms with E-state index >= 15 is 0 Å². The minimum absolute atomic E-state index is 0.219. The Labute approximate surface area is 124 Å². The number of nitrogen functional groups attached to an aromatic ring is 1. The second kappa shape index (κ2) is 5.99. The summed E-state index contributed by atoms with van der Waals surface area (Å²) in [5, 5.41) is 4.29. The molecule has 21 heavy (non-hydrogen) atoms. The average Bonchev–Trinajstić information content (AvgIpc) is 3.04. The third kappa shape index (κ3) is 2.91. The number of fused-ring (bicyclic) bond motifs is 1. The lowest BCUT2D eigenvalue weighted by Gasteiger charge is -2.16. The van der Waals surface area contributed by atoms with Crippen LogP contribution in [0.25, 0.3) is 10.9 Å². The Kier molecular flexibility index (Phi) is 3.90. The van der Waals surface area contributed by atoms with E-state index in [2.05, 4.69) is 10.3 Å². The summed E-state index contributed by atoms with van der Waals surface area (Å²) in [4.78, 5) is 18.3. The molecule has 0 bridgehead atoms. The molecule has 1 fully saturated rings. The first kappa shape index (κ1) is 13.7. The van der Waals surface area contributed by atoms with Crippen LogP contribution >= 0.6 is 0 Å². The number of pyridine rings is 1. The van der Waals surface area contributed by atoms with Crippen molar-refractivity contribution in [1.82, 2.24) is 9.88 Å². The summed E-state index contributed by atoms with van der Waals surface area (Å²) in [7, 11) is 0. The Bertz CT molecular complexity index is 650. The Morgan fingerprint density at radius 2 is 2.05 bits per heavy atom. The molecule has 0 radical (unpaired) electrons. The molecule has 0 aliphatic carbocycles. The maximum Gasteiger partial charge on any atom is 0.224 e. The maximum absolute atomic E-state index is 12.0. The third-order valence-corrected chi connectivity index (χ3v) is 3.90. The first-order chi connectivity index (χ1) is 10.3. The fraction of sp³-hybridized carbons (Fsp3) is 0.375. The topological polar surface area (TPSA) is 71.2 Å². The molecule has 3 N–H and O–H groups in total. The van der Waals surface area contributed by atoms with E-state index in [0.717, 1.165) is 42.5 Å². The number of hydrogen-bond acceptors (Lipinski definition) is 4. The summed E-state index contributed by atoms with van der Waals surface area (Å²) >= 11 is 0. The van der Waals surface area contributed by atoms with Crippen molar-refractivity contribution in [1.29, 1.82) is 0 Å². The zero-order valence-electron chi connectivity index (χ0n) is 12.0. The van der Waals surface area contributed by atoms with Gasteiger partial charge in [0.25, 0.3) is 0 Å². The minimum Gasteiger partial charge on any atom is -0.396 e. The van der Waals surface area contributed by atoms with E-state index in [9.17, 15) is 4.79 Å². The van der Waals surface area contributed by atoms with Gasteiger partial charge >= 0.3 is 0 Å². The standard InChI is InChI=1S/C16H20N4O/c17-13-11-19-14-6-2-1-5-12(14)16(13)18-8-7-15(21)20-9-3-4-10-20/h1-2,5-6,11H,3-4,7-10,17H2,(H,18,19). The van der Waals surface area contributed by atoms with E-state index in [0.29, 0.717) is 18.7 Å². The van der Waals surface area contributed by atoms with Crippen molar-refractivity contribution in [3.05, 3.63) is 30.5 Å². The number of carbonyl (C=O) groups excluding carboxylic acids is 1. The Balaban J connectivity index is 1.67. The molecule has 1 amide bonds. The molecular weight excluding hydrogens is 264 g/mol. The van der Waals surface area contributed by atoms with E-state index in [-0.39, 0.29) is 5.91 Å². The zero-order chi connectivity index (χ0) is 14.7. The van der Waals surface area contributed by atoms with E-state index in [1.54, 1.807) is 6.20 Å². The molecule has 0 saturated carbocycles. The van der Waals surface area contributed by atoms with Gasteiger partial charge in [0, 0.05) is 31.4 Å². The number of amides is 1. The number of nitrogens with one attached hydrogen (secondary N) is 1. The molecule has 1 aromatic heterocycles. The number of carbonyl (C=O) groups is 1. The molecule has 5 heteroatoms. The third-order valence-electron chi connectivity index (χ3n) is 3.90. The van der Waals surface area contributed by atoms with Crippen molar-refractivity contribution in [2.24, 2.45) is 0 Å². The van der Waals surface area contributed by atoms with Gasteiger partial charge in [0.15, 0.2) is 0 Å². The van der Waals surface area contributed by atoms with Gasteiger partial charge in [-0.25, -0.2) is 0 Å². The van der Waals surface area contributed by atoms with Gasteiger partial charge < -0.3 is 16.0 Å². The van der Waals surface area contributed by atoms with Crippen molar-refractivity contribution >= 4 is 28.2 Å². The highest BCUT2D eigenvalue weighted by molar-refractivity contribution is 5.96. The van der Waals surface area contributed by atoms with Gasteiger partial charge in [0.2, 0.25) is 5.91 Å². The fourth-order valence-electron chi connectivity index (χ4n) is 2.77. The second-order valence-electron chi connectivity index (χ2n) is 5.37. The highest BCUT2D eigenvalue weighted by atomic mass is 16.2. The van der Waals surface area contributed by atoms with Crippen molar-refractivity contribution < 1.29 is 4.79 Å². The van der Waals surface area contributed by atoms with Crippen molar-refractivity contribution in [3.8, 4) is 0 Å². The molecule has 1 saturated heterocycles. The molecule has 5 nitrogen and oxygen atoms in total. The van der Waals surface area contributed by atoms with Gasteiger partial charge in [-0.15, -0.1) is 0 Å². The Morgan fingerprint density at radius 3 is 2.86 bits per heavy atom. The number of nitrogens with zero attached hydrogens (tertiary/aromatic N) is 2. The van der Waals surface area contributed by atoms with E-state index in [4.69, 9.17) is 5.73 Å². The Morgan fingerprint density at radius 1 is 1.29 bits per heavy atom. The van der Waals surface area contributed by atoms with Crippen LogP contribution in [0, 0.1) is 0 Å². The van der Waals surface area contributed by atoms with Gasteiger partial charge in [-0.3, -0.25) is 9.78 Å². The van der Waals surface area contributed by atoms with Crippen LogP contribution in [-0.2, 0) is 4.79 Å². The number of para-hydroxylation sites is 1. The summed E-state index contributed by atoms with van der Waals surface area (Å²) < 4.78 is 0. The quantitative estimate of drug-likeness (QED) is 0.903. The number of likely N-dealkylation sites (tertiary alicyclic amines) is 1. The molecule has 0 spiro atoms. The number of anilines is 2. The largest absolute Gasteiger partial charge is 0.396 e. The number of benzene rings is 1. The minimum atomic E-state index is 0.219. The van der Waals surface area contributed by atoms with Crippen LogP contribution in [0.4, 0.5) is 11.4 Å². The summed E-state index contributed by atoms with van der Waals surface area (Å²) in [5.74, 6) is 0.219. The van der Waals surface area contributed by atoms with E-state index in [1.165, 1.54) is 0 Å². The molecule has 2 heterocycles. The lowest BCUT2D eigenvalue weighted by molar-refractivity contribution is -0.129. The molecule has 3 rings (SSSR count). The number of aromatic nitrogens is 1. The predicted molar refractivity (Wildman–Crippen MR) is 85.1 cm³/mol. The molecule has 110 valence electrons. The SMILES string of the molecule is Nc1cnc2ccccc2c1NCCC(=O)N1CCCC1. The number of nitrogens with two attached hydrogens (primary N) is 1. The lowest BCUT2D eigenvalue weighted by atomic mass is 10.1. The van der Waals surface area contributed by atoms with Gasteiger partial charge in [0.1, 0.15) is 0 Å². The molecule has 1 aliphatic heterocycles. The van der Waals surface area contributed by atoms with E-state index in [1.807, 2.05) is 29.2 Å². The van der Waals surface area contributed by atoms with Gasteiger partial charge in [-0.1, -0.05) is 18.2 Å². The van der Waals surface area contributed by atoms with Crippen LogP contribution in [0.2, 0.25) is 0 Å². The maximum atomic E-state index is 12.0. The second-order valence-corrected chi connectivity index (χ2v) is 5.37. The molecule has 0 unspecified atom stereocenters. The van der Waals surface area contributed by atoms with Gasteiger partial charge in [-0.05, 0) is 18.9 Å². The smallest absolute Gasteiger partial charge is 0.224 e. The van der Waals surface area contributed by atoms with Crippen LogP contribution in [-0.4, -0.2) is 35.4 Å². The number of rotatable bonds is 4. The number of hydrogen-bond donors (Lipinski definition) is 2. The normalized spacial score (nSPS) is 14.6. The fourth-order valence-corrected chi connectivity index (χ4v) is 2.77. The summed E-state index contributed by atoms with van der Waals surface area (Å²) in [5.41, 5.74) is 8.39. The summed E-state index contributed by atoms with van der Waals surface area (Å²) in [6, 6.07) is 7.86. The first-order valence-electron chi connectivity index (χ1n) is 7.40. The molecule has 1 aliphatic rings. The van der Waals surface area contributed by atoms with Crippen molar-refractivity contribution in [2.75, 3.05) is 30.7 Å². The van der Waals surface area contributed by atoms with Crippen LogP contribution in [0.15, 0.2) is 30.5 Å². The van der Waals surface area contributed by atoms with Crippen LogP contribution in [0.1, 0.15) is 19.3 Å². The molecular formula is C16H20N4O. The molecule has 2 aromatic rings. The van der Waals surface area contributed by atoms with Crippen molar-refractivity contribution in [2.45, 2.75) is 19.3 Å². The highest BCUT2D eigenvalue weighted by Gasteiger charge is 2.17. The van der Waals surface area contributed by atoms with Crippen molar-refractivity contribution in [3.63, 3.8) is 0 Å². The Hall–Kier alpha value is -2.30. The van der Waals surface area contributed by atoms with Crippen LogP contribution in [0.3, 0.4) is 0 Å². The molecule has 1 aromatic carbocycles. The monoisotopic (exact) mass is 284 g/mol. The first-order valence-corrected chi connectivity index (χ1v) is 7.40.